The van der Waals surface area contributed by atoms with E-state index in [1.165, 1.54) is 6.26 Å². The number of ether oxygens (including phenoxy) is 2. The lowest BCUT2D eigenvalue weighted by atomic mass is 10.1. The normalized spacial score (nSPS) is 15.5. The first-order valence-electron chi connectivity index (χ1n) is 9.01. The molecule has 0 saturated heterocycles. The van der Waals surface area contributed by atoms with Gasteiger partial charge in [-0.25, -0.2) is 0 Å². The van der Waals surface area contributed by atoms with E-state index in [2.05, 4.69) is 15.8 Å². The van der Waals surface area contributed by atoms with E-state index in [9.17, 15) is 9.59 Å². The molecular weight excluding hydrogens is 364 g/mol. The highest BCUT2D eigenvalue weighted by atomic mass is 16.5. The Balaban J connectivity index is 1.60. The van der Waals surface area contributed by atoms with E-state index in [1.54, 1.807) is 31.4 Å². The minimum Gasteiger partial charge on any atom is -0.489 e. The number of likely N-dealkylation sites (N-methyl/N-ethyl adjacent to an activating group) is 1. The van der Waals surface area contributed by atoms with Crippen molar-refractivity contribution in [3.05, 3.63) is 41.8 Å². The third-order valence-corrected chi connectivity index (χ3v) is 4.55. The number of aromatic nitrogens is 1. The van der Waals surface area contributed by atoms with Crippen LogP contribution in [0.4, 0.5) is 5.69 Å². The number of rotatable bonds is 8. The minimum absolute atomic E-state index is 0.111. The number of anilines is 1. The summed E-state index contributed by atoms with van der Waals surface area (Å²) < 4.78 is 15.5. The Hall–Kier alpha value is -3.07. The average molecular weight is 388 g/mol. The Morgan fingerprint density at radius 3 is 2.93 bits per heavy atom. The smallest absolute Gasteiger partial charge is 0.251 e. The lowest BCUT2D eigenvalue weighted by Crippen LogP contribution is -2.43. The van der Waals surface area contributed by atoms with Gasteiger partial charge in [-0.3, -0.25) is 9.59 Å². The van der Waals surface area contributed by atoms with Gasteiger partial charge in [0, 0.05) is 32.3 Å². The van der Waals surface area contributed by atoms with Gasteiger partial charge in [0.15, 0.2) is 0 Å². The topological polar surface area (TPSA) is 106 Å². The molecule has 2 amide bonds. The van der Waals surface area contributed by atoms with Crippen LogP contribution in [0.2, 0.25) is 0 Å². The number of nitrogens with zero attached hydrogens (tertiary/aromatic N) is 2. The number of benzene rings is 1. The van der Waals surface area contributed by atoms with Crippen LogP contribution in [0.3, 0.4) is 0 Å². The zero-order chi connectivity index (χ0) is 19.9. The standard InChI is InChI=1S/C19H24N4O5/c1-23-15(10-18(24)21-11-14-5-7-28-22-14)12-27-17-4-3-13(9-16(17)23)19(25)20-6-8-26-2/h3-5,7,9,15H,6,8,10-12H2,1-2H3,(H,20,25)(H,21,24)/t15-/m0/s1. The highest BCUT2D eigenvalue weighted by Gasteiger charge is 2.27. The molecule has 0 fully saturated rings. The maximum Gasteiger partial charge on any atom is 0.251 e. The summed E-state index contributed by atoms with van der Waals surface area (Å²) in [4.78, 5) is 26.5. The molecule has 1 atom stereocenters. The molecule has 0 bridgehead atoms. The highest BCUT2D eigenvalue weighted by molar-refractivity contribution is 5.95. The van der Waals surface area contributed by atoms with Crippen LogP contribution in [-0.4, -0.2) is 56.9 Å². The molecule has 1 aromatic heterocycles. The zero-order valence-electron chi connectivity index (χ0n) is 15.9. The molecule has 9 nitrogen and oxygen atoms in total. The van der Waals surface area contributed by atoms with E-state index in [0.717, 1.165) is 5.69 Å². The second-order valence-electron chi connectivity index (χ2n) is 6.48. The van der Waals surface area contributed by atoms with Crippen molar-refractivity contribution in [2.24, 2.45) is 0 Å². The van der Waals surface area contributed by atoms with Gasteiger partial charge in [0.05, 0.1) is 31.3 Å². The van der Waals surface area contributed by atoms with Crippen LogP contribution in [0.25, 0.3) is 0 Å². The quantitative estimate of drug-likeness (QED) is 0.649. The first kappa shape index (κ1) is 19.7. The van der Waals surface area contributed by atoms with Gasteiger partial charge in [-0.05, 0) is 18.2 Å². The summed E-state index contributed by atoms with van der Waals surface area (Å²) in [6.45, 7) is 1.59. The fraction of sp³-hybridized carbons (Fsp3) is 0.421. The molecule has 0 radical (unpaired) electrons. The van der Waals surface area contributed by atoms with Gasteiger partial charge in [-0.15, -0.1) is 0 Å². The predicted molar refractivity (Wildman–Crippen MR) is 101 cm³/mol. The van der Waals surface area contributed by atoms with Crippen molar-refractivity contribution in [2.45, 2.75) is 19.0 Å². The number of hydrogen-bond donors (Lipinski definition) is 2. The van der Waals surface area contributed by atoms with Crippen molar-refractivity contribution in [3.63, 3.8) is 0 Å². The Labute approximate surface area is 163 Å². The number of carbonyl (C=O) groups is 2. The Bertz CT molecular complexity index is 809. The van der Waals surface area contributed by atoms with E-state index in [1.807, 2.05) is 11.9 Å². The molecular formula is C19H24N4O5. The van der Waals surface area contributed by atoms with Crippen LogP contribution in [-0.2, 0) is 16.1 Å². The van der Waals surface area contributed by atoms with Crippen molar-refractivity contribution in [3.8, 4) is 5.75 Å². The summed E-state index contributed by atoms with van der Waals surface area (Å²) in [5.41, 5.74) is 1.97. The average Bonchev–Trinajstić information content (AvgIpc) is 3.22. The van der Waals surface area contributed by atoms with Crippen LogP contribution in [0.15, 0.2) is 35.1 Å². The van der Waals surface area contributed by atoms with E-state index < -0.39 is 0 Å². The molecule has 2 N–H and O–H groups in total. The SMILES string of the molecule is COCCNC(=O)c1ccc2c(c1)N(C)[C@@H](CC(=O)NCc1ccon1)CO2. The number of nitrogens with one attached hydrogen (secondary N) is 2. The van der Waals surface area contributed by atoms with Crippen molar-refractivity contribution >= 4 is 17.5 Å². The molecule has 28 heavy (non-hydrogen) atoms. The lowest BCUT2D eigenvalue weighted by molar-refractivity contribution is -0.121. The van der Waals surface area contributed by atoms with Gasteiger partial charge in [-0.1, -0.05) is 5.16 Å². The third-order valence-electron chi connectivity index (χ3n) is 4.55. The summed E-state index contributed by atoms with van der Waals surface area (Å²) in [6.07, 6.45) is 1.72. The molecule has 2 heterocycles. The van der Waals surface area contributed by atoms with E-state index >= 15 is 0 Å². The van der Waals surface area contributed by atoms with Crippen LogP contribution in [0, 0.1) is 0 Å². The van der Waals surface area contributed by atoms with Crippen molar-refractivity contribution in [1.29, 1.82) is 0 Å². The maximum atomic E-state index is 12.3. The predicted octanol–water partition coefficient (Wildman–Crippen LogP) is 0.954. The molecule has 0 spiro atoms. The maximum absolute atomic E-state index is 12.3. The molecule has 1 aromatic carbocycles. The molecule has 1 aliphatic rings. The van der Waals surface area contributed by atoms with Crippen LogP contribution in [0.5, 0.6) is 5.75 Å². The first-order valence-corrected chi connectivity index (χ1v) is 9.01. The molecule has 0 unspecified atom stereocenters. The highest BCUT2D eigenvalue weighted by Crippen LogP contribution is 2.34. The Morgan fingerprint density at radius 2 is 2.18 bits per heavy atom. The summed E-state index contributed by atoms with van der Waals surface area (Å²) in [5, 5.41) is 9.37. The second kappa shape index (κ2) is 9.23. The van der Waals surface area contributed by atoms with Crippen molar-refractivity contribution in [2.75, 3.05) is 38.8 Å². The van der Waals surface area contributed by atoms with Gasteiger partial charge in [0.1, 0.15) is 24.3 Å². The molecule has 0 aliphatic carbocycles. The zero-order valence-corrected chi connectivity index (χ0v) is 15.9. The van der Waals surface area contributed by atoms with Gasteiger partial charge >= 0.3 is 0 Å². The van der Waals surface area contributed by atoms with Gasteiger partial charge in [-0.2, -0.15) is 0 Å². The lowest BCUT2D eigenvalue weighted by Gasteiger charge is -2.35. The number of fused-ring (bicyclic) bond motifs is 1. The second-order valence-corrected chi connectivity index (χ2v) is 6.48. The minimum atomic E-state index is -0.180. The first-order chi connectivity index (χ1) is 13.6. The molecule has 2 aromatic rings. The summed E-state index contributed by atoms with van der Waals surface area (Å²) >= 11 is 0. The molecule has 1 aliphatic heterocycles. The van der Waals surface area contributed by atoms with Gasteiger partial charge in [0.25, 0.3) is 5.91 Å². The molecule has 3 rings (SSSR count). The van der Waals surface area contributed by atoms with E-state index in [4.69, 9.17) is 14.0 Å². The van der Waals surface area contributed by atoms with E-state index in [-0.39, 0.29) is 24.3 Å². The largest absolute Gasteiger partial charge is 0.489 e. The summed E-state index contributed by atoms with van der Waals surface area (Å²) in [5.74, 6) is 0.399. The molecule has 150 valence electrons. The molecule has 0 saturated carbocycles. The van der Waals surface area contributed by atoms with Gasteiger partial charge in [0.2, 0.25) is 5.91 Å². The van der Waals surface area contributed by atoms with Gasteiger partial charge < -0.3 is 29.5 Å². The van der Waals surface area contributed by atoms with Crippen molar-refractivity contribution in [1.82, 2.24) is 15.8 Å². The van der Waals surface area contributed by atoms with Crippen LogP contribution in [0.1, 0.15) is 22.5 Å². The Morgan fingerprint density at radius 1 is 1.32 bits per heavy atom. The van der Waals surface area contributed by atoms with Crippen LogP contribution >= 0.6 is 0 Å². The monoisotopic (exact) mass is 388 g/mol. The Kier molecular flexibility index (Phi) is 6.49. The number of hydrogen-bond acceptors (Lipinski definition) is 7. The van der Waals surface area contributed by atoms with Crippen LogP contribution < -0.4 is 20.3 Å². The van der Waals surface area contributed by atoms with E-state index in [0.29, 0.717) is 43.3 Å². The third kappa shape index (κ3) is 4.80. The fourth-order valence-corrected chi connectivity index (χ4v) is 2.92. The summed E-state index contributed by atoms with van der Waals surface area (Å²) in [6, 6.07) is 6.83. The molecule has 9 heteroatoms. The summed E-state index contributed by atoms with van der Waals surface area (Å²) in [7, 11) is 3.48. The van der Waals surface area contributed by atoms with Crippen molar-refractivity contribution < 1.29 is 23.6 Å². The number of amides is 2. The number of carbonyl (C=O) groups excluding carboxylic acids is 2. The fourth-order valence-electron chi connectivity index (χ4n) is 2.92. The number of methoxy groups -OCH3 is 1.